The molecule has 1 aliphatic carbocycles. The number of rotatable bonds is 48. The molecular formula is C50H79N3O18. The molecule has 0 saturated carbocycles. The van der Waals surface area contributed by atoms with Crippen LogP contribution in [0.4, 0.5) is 4.79 Å². The smallest absolute Gasteiger partial charge is 0.407 e. The lowest BCUT2D eigenvalue weighted by atomic mass is 9.98. The summed E-state index contributed by atoms with van der Waals surface area (Å²) in [5.41, 5.74) is 4.32. The Hall–Kier alpha value is -4.36. The number of hydrogen-bond acceptors (Lipinski definition) is 17. The van der Waals surface area contributed by atoms with Crippen LogP contribution in [-0.2, 0) is 76.0 Å². The summed E-state index contributed by atoms with van der Waals surface area (Å²) in [6.07, 6.45) is 0.483. The maximum absolute atomic E-state index is 13.0. The number of unbranched alkanes of at least 4 members (excludes halogenated alkanes) is 1. The van der Waals surface area contributed by atoms with Gasteiger partial charge < -0.3 is 82.6 Å². The van der Waals surface area contributed by atoms with E-state index in [9.17, 15) is 19.2 Å². The predicted molar refractivity (Wildman–Crippen MR) is 260 cm³/mol. The Balaban J connectivity index is 1.05. The summed E-state index contributed by atoms with van der Waals surface area (Å²) >= 11 is 0. The van der Waals surface area contributed by atoms with E-state index in [0.717, 1.165) is 22.3 Å². The van der Waals surface area contributed by atoms with E-state index >= 15 is 0 Å². The molecule has 0 heterocycles. The van der Waals surface area contributed by atoms with Crippen molar-refractivity contribution < 1.29 is 85.9 Å². The van der Waals surface area contributed by atoms with Crippen molar-refractivity contribution in [3.63, 3.8) is 0 Å². The minimum absolute atomic E-state index is 0.0785. The van der Waals surface area contributed by atoms with E-state index in [0.29, 0.717) is 165 Å². The van der Waals surface area contributed by atoms with Gasteiger partial charge in [-0.05, 0) is 41.5 Å². The van der Waals surface area contributed by atoms with Gasteiger partial charge in [-0.3, -0.25) is 14.4 Å². The fourth-order valence-corrected chi connectivity index (χ4v) is 6.86. The van der Waals surface area contributed by atoms with Crippen LogP contribution in [0, 0.1) is 0 Å². The van der Waals surface area contributed by atoms with Crippen LogP contribution in [-0.4, -0.2) is 214 Å². The Kier molecular flexibility index (Phi) is 36.2. The van der Waals surface area contributed by atoms with Crippen molar-refractivity contribution in [1.29, 1.82) is 0 Å². The van der Waals surface area contributed by atoms with Crippen LogP contribution in [0.2, 0.25) is 0 Å². The number of alkyl carbamates (subject to hydrolysis) is 1. The van der Waals surface area contributed by atoms with Gasteiger partial charge in [-0.25, -0.2) is 4.79 Å². The second-order valence-corrected chi connectivity index (χ2v) is 15.8. The Morgan fingerprint density at radius 3 is 1.30 bits per heavy atom. The van der Waals surface area contributed by atoms with Gasteiger partial charge in [0.25, 0.3) is 0 Å². The second-order valence-electron chi connectivity index (χ2n) is 15.8. The summed E-state index contributed by atoms with van der Waals surface area (Å²) in [6, 6.07) is 15.0. The highest BCUT2D eigenvalue weighted by Crippen LogP contribution is 2.44. The van der Waals surface area contributed by atoms with Crippen molar-refractivity contribution in [2.45, 2.75) is 44.1 Å². The lowest BCUT2D eigenvalue weighted by molar-refractivity contribution is -0.137. The molecule has 21 heteroatoms. The van der Waals surface area contributed by atoms with E-state index in [-0.39, 0.29) is 50.8 Å². The lowest BCUT2D eigenvalue weighted by Crippen LogP contribution is -2.47. The van der Waals surface area contributed by atoms with Crippen LogP contribution in [0.5, 0.6) is 0 Å². The molecule has 2 aromatic carbocycles. The Morgan fingerprint density at radius 1 is 0.493 bits per heavy atom. The molecule has 0 spiro atoms. The van der Waals surface area contributed by atoms with Gasteiger partial charge >= 0.3 is 12.1 Å². The number of methoxy groups -OCH3 is 1. The first-order valence-electron chi connectivity index (χ1n) is 24.6. The molecule has 21 nitrogen and oxygen atoms in total. The van der Waals surface area contributed by atoms with E-state index in [4.69, 9.17) is 66.7 Å². The van der Waals surface area contributed by atoms with Gasteiger partial charge in [-0.1, -0.05) is 48.5 Å². The topological polar surface area (TPSA) is 245 Å². The van der Waals surface area contributed by atoms with Crippen LogP contribution < -0.4 is 16.0 Å². The monoisotopic (exact) mass is 1010 g/mol. The number of fused-ring (bicyclic) bond motifs is 3. The van der Waals surface area contributed by atoms with Gasteiger partial charge in [-0.2, -0.15) is 0 Å². The third-order valence-corrected chi connectivity index (χ3v) is 10.5. The largest absolute Gasteiger partial charge is 0.481 e. The number of amides is 3. The molecule has 402 valence electrons. The number of carboxylic acid groups (broad SMARTS) is 1. The highest BCUT2D eigenvalue weighted by Gasteiger charge is 2.30. The molecule has 0 saturated heterocycles. The fourth-order valence-electron chi connectivity index (χ4n) is 6.86. The van der Waals surface area contributed by atoms with Crippen molar-refractivity contribution >= 4 is 23.9 Å². The lowest BCUT2D eigenvalue weighted by Gasteiger charge is -2.20. The molecule has 3 amide bonds. The minimum atomic E-state index is -1.05. The van der Waals surface area contributed by atoms with E-state index in [1.165, 1.54) is 0 Å². The number of carboxylic acids is 1. The number of hydrogen-bond donors (Lipinski definition) is 4. The van der Waals surface area contributed by atoms with Crippen LogP contribution >= 0.6 is 0 Å². The summed E-state index contributed by atoms with van der Waals surface area (Å²) in [6.45, 7) is 11.0. The van der Waals surface area contributed by atoms with E-state index in [1.54, 1.807) is 7.11 Å². The molecular weight excluding hydrogens is 931 g/mol. The van der Waals surface area contributed by atoms with Crippen LogP contribution in [0.3, 0.4) is 0 Å². The summed E-state index contributed by atoms with van der Waals surface area (Å²) in [7, 11) is 1.64. The summed E-state index contributed by atoms with van der Waals surface area (Å²) < 4.78 is 70.7. The van der Waals surface area contributed by atoms with Crippen LogP contribution in [0.15, 0.2) is 48.5 Å². The van der Waals surface area contributed by atoms with E-state index < -0.39 is 24.0 Å². The third-order valence-electron chi connectivity index (χ3n) is 10.5. The van der Waals surface area contributed by atoms with Gasteiger partial charge in [-0.15, -0.1) is 0 Å². The zero-order chi connectivity index (χ0) is 50.7. The molecule has 1 aliphatic rings. The highest BCUT2D eigenvalue weighted by molar-refractivity contribution is 5.86. The predicted octanol–water partition coefficient (Wildman–Crippen LogP) is 2.99. The second kappa shape index (κ2) is 42.2. The van der Waals surface area contributed by atoms with Crippen molar-refractivity contribution in [1.82, 2.24) is 16.0 Å². The quantitative estimate of drug-likeness (QED) is 0.0697. The molecule has 3 rings (SSSR count). The first-order valence-corrected chi connectivity index (χ1v) is 24.6. The van der Waals surface area contributed by atoms with Gasteiger partial charge in [0.15, 0.2) is 0 Å². The van der Waals surface area contributed by atoms with Crippen molar-refractivity contribution in [2.75, 3.05) is 179 Å². The molecule has 0 aromatic heterocycles. The standard InChI is InChI=1S/C50H79N3O18/c1-59-18-19-61-22-23-63-26-27-65-30-31-67-34-35-69-38-39-70-37-36-68-33-32-66-29-28-64-25-24-62-21-20-60-17-14-47(54)51-15-7-6-12-46(49(57)52-16-13-48(55)56)53-50(58)71-40-45-43-10-4-2-8-41(43)42-9-3-5-11-44(42)45/h2-5,8-11,45-46H,6-7,12-40H2,1H3,(H,51,54)(H,52,57)(H,53,58)(H,55,56). The first-order chi connectivity index (χ1) is 34.9. The minimum Gasteiger partial charge on any atom is -0.481 e. The average molecular weight is 1010 g/mol. The maximum atomic E-state index is 13.0. The van der Waals surface area contributed by atoms with Crippen LogP contribution in [0.1, 0.15) is 49.1 Å². The zero-order valence-corrected chi connectivity index (χ0v) is 41.6. The number of nitrogens with one attached hydrogen (secondary N) is 3. The maximum Gasteiger partial charge on any atom is 0.407 e. The normalized spacial score (nSPS) is 12.4. The summed E-state index contributed by atoms with van der Waals surface area (Å²) in [5, 5.41) is 17.0. The summed E-state index contributed by atoms with van der Waals surface area (Å²) in [4.78, 5) is 49.2. The highest BCUT2D eigenvalue weighted by atomic mass is 16.6. The number of carbonyl (C=O) groups is 4. The molecule has 0 bridgehead atoms. The zero-order valence-electron chi connectivity index (χ0n) is 41.6. The SMILES string of the molecule is COCCOCCOCCOCCOCCOCCOCCOCCOCCOCCOCCOCCC(=O)NCCCCC(NC(=O)OCC1c2ccccc2-c2ccccc21)C(=O)NCCC(=O)O. The van der Waals surface area contributed by atoms with E-state index in [1.807, 2.05) is 48.5 Å². The average Bonchev–Trinajstić information content (AvgIpc) is 3.69. The number of ether oxygens (including phenoxy) is 13. The molecule has 71 heavy (non-hydrogen) atoms. The van der Waals surface area contributed by atoms with Gasteiger partial charge in [0.2, 0.25) is 11.8 Å². The summed E-state index contributed by atoms with van der Waals surface area (Å²) in [5.74, 6) is -1.88. The van der Waals surface area contributed by atoms with Crippen molar-refractivity contribution in [3.05, 3.63) is 59.7 Å². The fraction of sp³-hybridized carbons (Fsp3) is 0.680. The van der Waals surface area contributed by atoms with Gasteiger partial charge in [0, 0.05) is 32.5 Å². The molecule has 1 unspecified atom stereocenters. The van der Waals surface area contributed by atoms with Crippen molar-refractivity contribution in [3.8, 4) is 11.1 Å². The number of benzene rings is 2. The molecule has 4 N–H and O–H groups in total. The number of aliphatic carboxylic acids is 1. The Morgan fingerprint density at radius 2 is 0.887 bits per heavy atom. The first kappa shape index (κ1) is 60.9. The third kappa shape index (κ3) is 30.3. The molecule has 0 aliphatic heterocycles. The molecule has 0 radical (unpaired) electrons. The van der Waals surface area contributed by atoms with Gasteiger partial charge in [0.1, 0.15) is 12.6 Å². The molecule has 2 aromatic rings. The van der Waals surface area contributed by atoms with Gasteiger partial charge in [0.05, 0.1) is 158 Å². The number of carbonyl (C=O) groups excluding carboxylic acids is 3. The Labute approximate surface area is 418 Å². The Bertz CT molecular complexity index is 1650. The van der Waals surface area contributed by atoms with Crippen molar-refractivity contribution in [2.24, 2.45) is 0 Å². The van der Waals surface area contributed by atoms with E-state index in [2.05, 4.69) is 16.0 Å². The molecule has 0 fully saturated rings. The molecule has 1 atom stereocenters. The van der Waals surface area contributed by atoms with Crippen LogP contribution in [0.25, 0.3) is 11.1 Å².